The van der Waals surface area contributed by atoms with E-state index >= 15 is 0 Å². The van der Waals surface area contributed by atoms with Crippen LogP contribution in [0.3, 0.4) is 0 Å². The van der Waals surface area contributed by atoms with Gasteiger partial charge >= 0.3 is 5.97 Å². The van der Waals surface area contributed by atoms with Crippen molar-refractivity contribution in [2.24, 2.45) is 0 Å². The number of hydrogen-bond donors (Lipinski definition) is 1. The highest BCUT2D eigenvalue weighted by Crippen LogP contribution is 2.19. The molecule has 0 saturated carbocycles. The van der Waals surface area contributed by atoms with Gasteiger partial charge in [0.2, 0.25) is 10.0 Å². The van der Waals surface area contributed by atoms with E-state index in [9.17, 15) is 13.2 Å². The molecule has 0 aliphatic rings. The summed E-state index contributed by atoms with van der Waals surface area (Å²) in [5, 5.41) is 8.55. The van der Waals surface area contributed by atoms with E-state index in [1.807, 2.05) is 13.8 Å². The first kappa shape index (κ1) is 17.4. The molecule has 0 saturated heterocycles. The van der Waals surface area contributed by atoms with Gasteiger partial charge in [0.25, 0.3) is 0 Å². The lowest BCUT2D eigenvalue weighted by Crippen LogP contribution is -2.34. The van der Waals surface area contributed by atoms with E-state index in [1.54, 1.807) is 19.2 Å². The van der Waals surface area contributed by atoms with Gasteiger partial charge < -0.3 is 5.11 Å². The number of benzene rings is 1. The van der Waals surface area contributed by atoms with E-state index in [2.05, 4.69) is 0 Å². The molecule has 0 fully saturated rings. The summed E-state index contributed by atoms with van der Waals surface area (Å²) in [6.45, 7) is 3.89. The van der Waals surface area contributed by atoms with Gasteiger partial charge in [-0.1, -0.05) is 25.5 Å². The molecule has 1 N–H and O–H groups in total. The molecule has 0 heterocycles. The van der Waals surface area contributed by atoms with Crippen molar-refractivity contribution < 1.29 is 18.3 Å². The minimum atomic E-state index is -3.52. The lowest BCUT2D eigenvalue weighted by Gasteiger charge is -2.24. The monoisotopic (exact) mass is 311 g/mol. The van der Waals surface area contributed by atoms with Crippen molar-refractivity contribution in [2.45, 2.75) is 37.6 Å². The van der Waals surface area contributed by atoms with Crippen LogP contribution in [0.1, 0.15) is 32.3 Å². The Hall–Kier alpha value is -1.66. The highest BCUT2D eigenvalue weighted by Gasteiger charge is 2.24. The molecule has 1 aromatic rings. The lowest BCUT2D eigenvalue weighted by molar-refractivity contribution is -0.131. The van der Waals surface area contributed by atoms with Crippen LogP contribution < -0.4 is 0 Å². The second kappa shape index (κ2) is 7.38. The fourth-order valence-electron chi connectivity index (χ4n) is 1.92. The molecule has 0 aromatic heterocycles. The quantitative estimate of drug-likeness (QED) is 0.785. The van der Waals surface area contributed by atoms with Crippen molar-refractivity contribution in [3.8, 4) is 0 Å². The van der Waals surface area contributed by atoms with Crippen LogP contribution in [0, 0.1) is 0 Å². The Morgan fingerprint density at radius 1 is 1.33 bits per heavy atom. The smallest absolute Gasteiger partial charge is 0.328 e. The number of sulfonamides is 1. The molecule has 0 aliphatic carbocycles. The van der Waals surface area contributed by atoms with Gasteiger partial charge in [0.05, 0.1) is 4.90 Å². The molecule has 1 aromatic carbocycles. The fourth-order valence-corrected chi connectivity index (χ4v) is 3.31. The van der Waals surface area contributed by atoms with Crippen LogP contribution in [0.2, 0.25) is 0 Å². The predicted octanol–water partition coefficient (Wildman–Crippen LogP) is 2.59. The van der Waals surface area contributed by atoms with E-state index in [1.165, 1.54) is 22.5 Å². The summed E-state index contributed by atoms with van der Waals surface area (Å²) in [5.41, 5.74) is 0.639. The first-order chi connectivity index (χ1) is 9.78. The average Bonchev–Trinajstić information content (AvgIpc) is 2.45. The van der Waals surface area contributed by atoms with Crippen LogP contribution in [-0.2, 0) is 14.8 Å². The van der Waals surface area contributed by atoms with Gasteiger partial charge in [-0.05, 0) is 37.1 Å². The summed E-state index contributed by atoms with van der Waals surface area (Å²) in [4.78, 5) is 10.6. The molecule has 0 radical (unpaired) electrons. The number of aliphatic carboxylic acids is 1. The van der Waals surface area contributed by atoms with Crippen LogP contribution in [0.25, 0.3) is 6.08 Å². The molecule has 1 atom stereocenters. The highest BCUT2D eigenvalue weighted by atomic mass is 32.2. The molecule has 1 unspecified atom stereocenters. The molecule has 116 valence electrons. The van der Waals surface area contributed by atoms with Gasteiger partial charge in [-0.15, -0.1) is 0 Å². The number of carboxylic acid groups (broad SMARTS) is 1. The molecule has 0 bridgehead atoms. The van der Waals surface area contributed by atoms with E-state index < -0.39 is 16.0 Å². The van der Waals surface area contributed by atoms with Gasteiger partial charge in [0.1, 0.15) is 0 Å². The van der Waals surface area contributed by atoms with E-state index in [4.69, 9.17) is 5.11 Å². The van der Waals surface area contributed by atoms with Gasteiger partial charge in [-0.25, -0.2) is 13.2 Å². The maximum absolute atomic E-state index is 12.4. The zero-order valence-electron chi connectivity index (χ0n) is 12.5. The Kier molecular flexibility index (Phi) is 6.11. The first-order valence-corrected chi connectivity index (χ1v) is 8.22. The molecule has 0 amide bonds. The molecule has 0 spiro atoms. The SMILES string of the molecule is CCCC(C)N(C)S(=O)(=O)c1ccc(/C=C/C(=O)O)cc1. The van der Waals surface area contributed by atoms with Crippen molar-refractivity contribution in [3.63, 3.8) is 0 Å². The molecule has 5 nitrogen and oxygen atoms in total. The standard InChI is InChI=1S/C15H21NO4S/c1-4-5-12(2)16(3)21(19,20)14-9-6-13(7-10-14)8-11-15(17)18/h6-12H,4-5H2,1-3H3,(H,17,18)/b11-8+. The van der Waals surface area contributed by atoms with Crippen LogP contribution in [0.5, 0.6) is 0 Å². The second-order valence-electron chi connectivity index (χ2n) is 4.90. The van der Waals surface area contributed by atoms with Crippen LogP contribution >= 0.6 is 0 Å². The Bertz CT molecular complexity index is 605. The van der Waals surface area contributed by atoms with Crippen LogP contribution in [-0.4, -0.2) is 36.9 Å². The van der Waals surface area contributed by atoms with Crippen molar-refractivity contribution in [2.75, 3.05) is 7.05 Å². The first-order valence-electron chi connectivity index (χ1n) is 6.78. The topological polar surface area (TPSA) is 74.7 Å². The summed E-state index contributed by atoms with van der Waals surface area (Å²) >= 11 is 0. The largest absolute Gasteiger partial charge is 0.478 e. The number of carbonyl (C=O) groups is 1. The summed E-state index contributed by atoms with van der Waals surface area (Å²) in [6, 6.07) is 6.10. The maximum atomic E-state index is 12.4. The Morgan fingerprint density at radius 3 is 2.38 bits per heavy atom. The zero-order valence-corrected chi connectivity index (χ0v) is 13.3. The van der Waals surface area contributed by atoms with Gasteiger partial charge in [-0.2, -0.15) is 4.31 Å². The molecule has 21 heavy (non-hydrogen) atoms. The summed E-state index contributed by atoms with van der Waals surface area (Å²) < 4.78 is 26.3. The predicted molar refractivity (Wildman–Crippen MR) is 82.4 cm³/mol. The molecule has 0 aliphatic heterocycles. The van der Waals surface area contributed by atoms with Crippen molar-refractivity contribution in [1.29, 1.82) is 0 Å². The third-order valence-corrected chi connectivity index (χ3v) is 5.29. The van der Waals surface area contributed by atoms with E-state index in [-0.39, 0.29) is 10.9 Å². The van der Waals surface area contributed by atoms with E-state index in [0.717, 1.165) is 18.9 Å². The van der Waals surface area contributed by atoms with Crippen LogP contribution in [0.4, 0.5) is 0 Å². The Morgan fingerprint density at radius 2 is 1.90 bits per heavy atom. The van der Waals surface area contributed by atoms with E-state index in [0.29, 0.717) is 5.56 Å². The number of nitrogens with zero attached hydrogens (tertiary/aromatic N) is 1. The van der Waals surface area contributed by atoms with Crippen LogP contribution in [0.15, 0.2) is 35.2 Å². The van der Waals surface area contributed by atoms with Gasteiger partial charge in [-0.3, -0.25) is 0 Å². The molecular formula is C15H21NO4S. The Labute approximate surface area is 126 Å². The third-order valence-electron chi connectivity index (χ3n) is 3.30. The normalized spacial score (nSPS) is 13.7. The summed E-state index contributed by atoms with van der Waals surface area (Å²) in [7, 11) is -1.94. The zero-order chi connectivity index (χ0) is 16.0. The fraction of sp³-hybridized carbons (Fsp3) is 0.400. The van der Waals surface area contributed by atoms with Crippen molar-refractivity contribution in [1.82, 2.24) is 4.31 Å². The molecular weight excluding hydrogens is 290 g/mol. The van der Waals surface area contributed by atoms with Gasteiger partial charge in [0.15, 0.2) is 0 Å². The van der Waals surface area contributed by atoms with Crippen molar-refractivity contribution in [3.05, 3.63) is 35.9 Å². The number of rotatable bonds is 7. The summed E-state index contributed by atoms with van der Waals surface area (Å²) in [6.07, 6.45) is 4.15. The second-order valence-corrected chi connectivity index (χ2v) is 6.90. The number of hydrogen-bond acceptors (Lipinski definition) is 3. The maximum Gasteiger partial charge on any atom is 0.328 e. The lowest BCUT2D eigenvalue weighted by atomic mass is 10.2. The Balaban J connectivity index is 2.97. The molecule has 6 heteroatoms. The van der Waals surface area contributed by atoms with Gasteiger partial charge in [0, 0.05) is 19.2 Å². The third kappa shape index (κ3) is 4.68. The minimum Gasteiger partial charge on any atom is -0.478 e. The average molecular weight is 311 g/mol. The number of carboxylic acids is 1. The molecule has 1 rings (SSSR count). The summed E-state index contributed by atoms with van der Waals surface area (Å²) in [5.74, 6) is -1.04. The highest BCUT2D eigenvalue weighted by molar-refractivity contribution is 7.89. The minimum absolute atomic E-state index is 0.0633. The van der Waals surface area contributed by atoms with Crippen molar-refractivity contribution >= 4 is 22.1 Å².